The van der Waals surface area contributed by atoms with Crippen LogP contribution in [0.5, 0.6) is 0 Å². The Morgan fingerprint density at radius 1 is 1.44 bits per heavy atom. The van der Waals surface area contributed by atoms with E-state index < -0.39 is 0 Å². The van der Waals surface area contributed by atoms with Crippen LogP contribution in [0.15, 0.2) is 24.3 Å². The van der Waals surface area contributed by atoms with Crippen LogP contribution in [0.3, 0.4) is 0 Å². The van der Waals surface area contributed by atoms with Gasteiger partial charge in [0.25, 0.3) is 0 Å². The molecule has 3 atom stereocenters. The van der Waals surface area contributed by atoms with Crippen LogP contribution in [-0.2, 0) is 4.79 Å². The summed E-state index contributed by atoms with van der Waals surface area (Å²) in [4.78, 5) is 12.0. The molecule has 1 saturated carbocycles. The Morgan fingerprint density at radius 3 is 2.78 bits per heavy atom. The number of halogens is 1. The fourth-order valence-electron chi connectivity index (χ4n) is 2.49. The summed E-state index contributed by atoms with van der Waals surface area (Å²) < 4.78 is 13.6. The van der Waals surface area contributed by atoms with Gasteiger partial charge in [-0.1, -0.05) is 18.2 Å². The van der Waals surface area contributed by atoms with Crippen molar-refractivity contribution in [3.63, 3.8) is 0 Å². The molecule has 1 aliphatic carbocycles. The van der Waals surface area contributed by atoms with Gasteiger partial charge in [-0.3, -0.25) is 4.79 Å². The fraction of sp³-hybridized carbons (Fsp3) is 0.500. The first-order chi connectivity index (χ1) is 8.58. The highest BCUT2D eigenvalue weighted by molar-refractivity contribution is 5.79. The number of nitrogens with two attached hydrogens (primary N) is 1. The lowest BCUT2D eigenvalue weighted by atomic mass is 10.0. The Hall–Kier alpha value is -1.42. The zero-order valence-electron chi connectivity index (χ0n) is 10.5. The van der Waals surface area contributed by atoms with Crippen molar-refractivity contribution >= 4 is 5.91 Å². The van der Waals surface area contributed by atoms with Crippen LogP contribution in [-0.4, -0.2) is 11.9 Å². The van der Waals surface area contributed by atoms with Crippen LogP contribution in [0.4, 0.5) is 4.39 Å². The minimum absolute atomic E-state index is 0.0151. The number of hydrogen-bond donors (Lipinski definition) is 2. The molecule has 4 heteroatoms. The van der Waals surface area contributed by atoms with Crippen LogP contribution >= 0.6 is 0 Å². The fourth-order valence-corrected chi connectivity index (χ4v) is 2.49. The number of nitrogens with one attached hydrogen (secondary N) is 1. The van der Waals surface area contributed by atoms with Gasteiger partial charge in [-0.15, -0.1) is 0 Å². The van der Waals surface area contributed by atoms with E-state index in [4.69, 9.17) is 5.73 Å². The third-order valence-electron chi connectivity index (χ3n) is 3.57. The lowest BCUT2D eigenvalue weighted by molar-refractivity contribution is -0.125. The molecule has 1 aliphatic rings. The second-order valence-electron chi connectivity index (χ2n) is 5.02. The van der Waals surface area contributed by atoms with Crippen molar-refractivity contribution in [1.29, 1.82) is 0 Å². The highest BCUT2D eigenvalue weighted by Crippen LogP contribution is 2.25. The van der Waals surface area contributed by atoms with Crippen LogP contribution in [0, 0.1) is 11.7 Å². The van der Waals surface area contributed by atoms with E-state index in [0.29, 0.717) is 5.56 Å². The highest BCUT2D eigenvalue weighted by Gasteiger charge is 2.28. The van der Waals surface area contributed by atoms with Crippen molar-refractivity contribution in [2.75, 3.05) is 0 Å². The predicted octanol–water partition coefficient (Wildman–Crippen LogP) is 2.13. The highest BCUT2D eigenvalue weighted by atomic mass is 19.1. The number of carbonyl (C=O) groups excluding carboxylic acids is 1. The second kappa shape index (κ2) is 5.48. The molecule has 0 aromatic heterocycles. The Bertz CT molecular complexity index is 436. The normalized spacial score (nSPS) is 24.8. The number of benzene rings is 1. The lowest BCUT2D eigenvalue weighted by Crippen LogP contribution is -2.32. The van der Waals surface area contributed by atoms with E-state index in [1.165, 1.54) is 6.07 Å². The average molecular weight is 250 g/mol. The quantitative estimate of drug-likeness (QED) is 0.863. The van der Waals surface area contributed by atoms with Gasteiger partial charge in [-0.2, -0.15) is 0 Å². The van der Waals surface area contributed by atoms with Crippen molar-refractivity contribution in [1.82, 2.24) is 5.32 Å². The summed E-state index contributed by atoms with van der Waals surface area (Å²) in [6.45, 7) is 1.80. The maximum atomic E-state index is 13.6. The third kappa shape index (κ3) is 2.88. The summed E-state index contributed by atoms with van der Waals surface area (Å²) in [6, 6.07) is 6.33. The minimum atomic E-state index is -0.310. The van der Waals surface area contributed by atoms with Crippen molar-refractivity contribution in [3.05, 3.63) is 35.6 Å². The molecule has 3 unspecified atom stereocenters. The maximum absolute atomic E-state index is 13.6. The largest absolute Gasteiger partial charge is 0.349 e. The van der Waals surface area contributed by atoms with Crippen molar-refractivity contribution < 1.29 is 9.18 Å². The summed E-state index contributed by atoms with van der Waals surface area (Å²) in [6.07, 6.45) is 2.46. The molecule has 18 heavy (non-hydrogen) atoms. The molecule has 0 heterocycles. The molecule has 3 N–H and O–H groups in total. The standard InChI is InChI=1S/C14H19FN2O/c1-9(12-4-2-3-5-13(12)15)17-14(18)10-6-7-11(16)8-10/h2-5,9-11H,6-8,16H2,1H3,(H,17,18). The molecule has 3 nitrogen and oxygen atoms in total. The van der Waals surface area contributed by atoms with Gasteiger partial charge in [0.15, 0.2) is 0 Å². The number of rotatable bonds is 3. The third-order valence-corrected chi connectivity index (χ3v) is 3.57. The average Bonchev–Trinajstić information content (AvgIpc) is 2.76. The SMILES string of the molecule is CC(NC(=O)C1CCC(N)C1)c1ccccc1F. The van der Waals surface area contributed by atoms with Gasteiger partial charge >= 0.3 is 0 Å². The molecule has 0 saturated heterocycles. The summed E-state index contributed by atoms with van der Waals surface area (Å²) in [5.41, 5.74) is 6.31. The van der Waals surface area contributed by atoms with Gasteiger partial charge in [0.1, 0.15) is 5.82 Å². The van der Waals surface area contributed by atoms with E-state index in [1.54, 1.807) is 25.1 Å². The van der Waals surface area contributed by atoms with Gasteiger partial charge in [0.05, 0.1) is 6.04 Å². The van der Waals surface area contributed by atoms with Gasteiger partial charge in [0.2, 0.25) is 5.91 Å². The summed E-state index contributed by atoms with van der Waals surface area (Å²) in [5.74, 6) is -0.318. The van der Waals surface area contributed by atoms with Crippen LogP contribution in [0.25, 0.3) is 0 Å². The smallest absolute Gasteiger partial charge is 0.223 e. The van der Waals surface area contributed by atoms with E-state index in [9.17, 15) is 9.18 Å². The van der Waals surface area contributed by atoms with E-state index in [-0.39, 0.29) is 29.7 Å². The number of amides is 1. The number of hydrogen-bond acceptors (Lipinski definition) is 2. The molecule has 1 amide bonds. The minimum Gasteiger partial charge on any atom is -0.349 e. The van der Waals surface area contributed by atoms with Gasteiger partial charge in [-0.05, 0) is 32.3 Å². The van der Waals surface area contributed by atoms with E-state index in [0.717, 1.165) is 19.3 Å². The molecule has 2 rings (SSSR count). The molecular weight excluding hydrogens is 231 g/mol. The van der Waals surface area contributed by atoms with E-state index in [1.807, 2.05) is 0 Å². The zero-order valence-corrected chi connectivity index (χ0v) is 10.5. The van der Waals surface area contributed by atoms with E-state index >= 15 is 0 Å². The van der Waals surface area contributed by atoms with Crippen molar-refractivity contribution in [2.24, 2.45) is 11.7 Å². The monoisotopic (exact) mass is 250 g/mol. The molecule has 1 aromatic carbocycles. The molecule has 0 radical (unpaired) electrons. The van der Waals surface area contributed by atoms with Gasteiger partial charge in [-0.25, -0.2) is 4.39 Å². The molecule has 0 spiro atoms. The predicted molar refractivity (Wildman–Crippen MR) is 68.3 cm³/mol. The summed E-state index contributed by atoms with van der Waals surface area (Å²) in [7, 11) is 0. The van der Waals surface area contributed by atoms with E-state index in [2.05, 4.69) is 5.32 Å². The topological polar surface area (TPSA) is 55.1 Å². The molecule has 0 aliphatic heterocycles. The first kappa shape index (κ1) is 13.0. The van der Waals surface area contributed by atoms with Crippen molar-refractivity contribution in [3.8, 4) is 0 Å². The maximum Gasteiger partial charge on any atom is 0.223 e. The molecule has 0 bridgehead atoms. The van der Waals surface area contributed by atoms with Crippen LogP contribution < -0.4 is 11.1 Å². The Morgan fingerprint density at radius 2 is 2.17 bits per heavy atom. The number of carbonyl (C=O) groups is 1. The Labute approximate surface area is 107 Å². The first-order valence-corrected chi connectivity index (χ1v) is 6.38. The Kier molecular flexibility index (Phi) is 3.97. The first-order valence-electron chi connectivity index (χ1n) is 6.38. The molecule has 98 valence electrons. The van der Waals surface area contributed by atoms with Gasteiger partial charge < -0.3 is 11.1 Å². The lowest BCUT2D eigenvalue weighted by Gasteiger charge is -2.18. The van der Waals surface area contributed by atoms with Crippen LogP contribution in [0.1, 0.15) is 37.8 Å². The molecule has 1 aromatic rings. The van der Waals surface area contributed by atoms with Gasteiger partial charge in [0, 0.05) is 17.5 Å². The van der Waals surface area contributed by atoms with Crippen LogP contribution in [0.2, 0.25) is 0 Å². The Balaban J connectivity index is 1.97. The molecular formula is C14H19FN2O. The zero-order chi connectivity index (χ0) is 13.1. The molecule has 1 fully saturated rings. The summed E-state index contributed by atoms with van der Waals surface area (Å²) >= 11 is 0. The summed E-state index contributed by atoms with van der Waals surface area (Å²) in [5, 5.41) is 2.86. The van der Waals surface area contributed by atoms with Crippen molar-refractivity contribution in [2.45, 2.75) is 38.3 Å². The second-order valence-corrected chi connectivity index (χ2v) is 5.02.